The van der Waals surface area contributed by atoms with E-state index in [0.717, 1.165) is 4.70 Å². The van der Waals surface area contributed by atoms with E-state index in [0.29, 0.717) is 31.3 Å². The van der Waals surface area contributed by atoms with Crippen LogP contribution >= 0.6 is 38.9 Å². The molecule has 3 aromatic rings. The first-order valence-corrected chi connectivity index (χ1v) is 9.99. The maximum Gasteiger partial charge on any atom is 0.325 e. The Kier molecular flexibility index (Phi) is 5.13. The van der Waals surface area contributed by atoms with Crippen LogP contribution in [0.5, 0.6) is 11.5 Å². The maximum absolute atomic E-state index is 12.7. The quantitative estimate of drug-likeness (QED) is 0.530. The van der Waals surface area contributed by atoms with Gasteiger partial charge >= 0.3 is 5.97 Å². The number of thiazole rings is 1. The average molecular weight is 484 g/mol. The number of ether oxygens (including phenoxy) is 3. The molecule has 1 aliphatic heterocycles. The van der Waals surface area contributed by atoms with Crippen molar-refractivity contribution in [2.45, 2.75) is 6.54 Å². The van der Waals surface area contributed by atoms with Crippen LogP contribution in [0.25, 0.3) is 10.2 Å². The normalized spacial score (nSPS) is 13.2. The summed E-state index contributed by atoms with van der Waals surface area (Å²) < 4.78 is 18.7. The van der Waals surface area contributed by atoms with Gasteiger partial charge in [0.2, 0.25) is 6.79 Å². The van der Waals surface area contributed by atoms with Crippen molar-refractivity contribution in [1.29, 1.82) is 0 Å². The van der Waals surface area contributed by atoms with E-state index in [1.807, 2.05) is 0 Å². The Bertz CT molecular complexity index is 1190. The topological polar surface area (TPSA) is 79.1 Å². The lowest BCUT2D eigenvalue weighted by atomic mass is 10.2. The first-order chi connectivity index (χ1) is 13.5. The zero-order valence-electron chi connectivity index (χ0n) is 14.4. The Labute approximate surface area is 176 Å². The third kappa shape index (κ3) is 3.52. The van der Waals surface area contributed by atoms with E-state index < -0.39 is 11.9 Å². The summed E-state index contributed by atoms with van der Waals surface area (Å²) in [4.78, 5) is 29.2. The average Bonchev–Trinajstić information content (AvgIpc) is 3.26. The number of methoxy groups -OCH3 is 1. The second-order valence-corrected chi connectivity index (χ2v) is 8.09. The van der Waals surface area contributed by atoms with Crippen LogP contribution in [0.2, 0.25) is 5.02 Å². The molecule has 0 saturated carbocycles. The van der Waals surface area contributed by atoms with E-state index in [1.165, 1.54) is 18.4 Å². The molecule has 0 N–H and O–H groups in total. The molecule has 10 heteroatoms. The number of aromatic nitrogens is 1. The molecule has 2 aromatic carbocycles. The van der Waals surface area contributed by atoms with E-state index in [-0.39, 0.29) is 18.9 Å². The number of halogens is 2. The molecular formula is C18H12BrClN2O5S. The fraction of sp³-hybridized carbons (Fsp3) is 0.167. The van der Waals surface area contributed by atoms with Crippen LogP contribution in [0.15, 0.2) is 39.8 Å². The van der Waals surface area contributed by atoms with Gasteiger partial charge in [0, 0.05) is 16.6 Å². The molecule has 144 valence electrons. The Balaban J connectivity index is 1.88. The molecular weight excluding hydrogens is 472 g/mol. The van der Waals surface area contributed by atoms with Gasteiger partial charge in [-0.25, -0.2) is 0 Å². The first-order valence-electron chi connectivity index (χ1n) is 8.00. The zero-order valence-corrected chi connectivity index (χ0v) is 17.6. The van der Waals surface area contributed by atoms with E-state index in [4.69, 9.17) is 25.8 Å². The molecule has 0 unspecified atom stereocenters. The Hall–Kier alpha value is -2.36. The van der Waals surface area contributed by atoms with Gasteiger partial charge in [-0.1, -0.05) is 38.9 Å². The highest BCUT2D eigenvalue weighted by Gasteiger charge is 2.20. The molecule has 7 nitrogen and oxygen atoms in total. The third-order valence-electron chi connectivity index (χ3n) is 4.05. The highest BCUT2D eigenvalue weighted by atomic mass is 79.9. The number of hydrogen-bond donors (Lipinski definition) is 0. The molecule has 0 radical (unpaired) electrons. The van der Waals surface area contributed by atoms with Gasteiger partial charge in [-0.15, -0.1) is 0 Å². The minimum atomic E-state index is -0.517. The lowest BCUT2D eigenvalue weighted by molar-refractivity contribution is -0.141. The van der Waals surface area contributed by atoms with Gasteiger partial charge < -0.3 is 18.8 Å². The van der Waals surface area contributed by atoms with Crippen LogP contribution in [-0.2, 0) is 16.1 Å². The molecule has 0 bridgehead atoms. The van der Waals surface area contributed by atoms with Crippen molar-refractivity contribution in [2.75, 3.05) is 13.9 Å². The largest absolute Gasteiger partial charge is 0.468 e. The molecule has 0 aliphatic carbocycles. The molecule has 0 spiro atoms. The predicted octanol–water partition coefficient (Wildman–Crippen LogP) is 3.76. The van der Waals surface area contributed by atoms with Crippen LogP contribution < -0.4 is 14.3 Å². The van der Waals surface area contributed by atoms with E-state index >= 15 is 0 Å². The minimum Gasteiger partial charge on any atom is -0.468 e. The van der Waals surface area contributed by atoms with Gasteiger partial charge in [0.15, 0.2) is 16.3 Å². The fourth-order valence-corrected chi connectivity index (χ4v) is 4.30. The van der Waals surface area contributed by atoms with Gasteiger partial charge in [-0.2, -0.15) is 4.99 Å². The number of benzene rings is 2. The number of carbonyl (C=O) groups excluding carboxylic acids is 2. The summed E-state index contributed by atoms with van der Waals surface area (Å²) in [5, 5.41) is 0.290. The summed E-state index contributed by atoms with van der Waals surface area (Å²) >= 11 is 10.7. The van der Waals surface area contributed by atoms with E-state index in [9.17, 15) is 9.59 Å². The SMILES string of the molecule is COC(=O)Cn1c(=NC(=O)c2cc(Br)ccc2Cl)sc2cc3c(cc21)OCO3. The number of nitrogens with zero attached hydrogens (tertiary/aromatic N) is 2. The number of esters is 1. The fourth-order valence-electron chi connectivity index (χ4n) is 2.70. The van der Waals surface area contributed by atoms with Crippen molar-refractivity contribution in [3.63, 3.8) is 0 Å². The number of fused-ring (bicyclic) bond motifs is 2. The van der Waals surface area contributed by atoms with E-state index in [1.54, 1.807) is 34.9 Å². The molecule has 0 saturated heterocycles. The lowest BCUT2D eigenvalue weighted by Gasteiger charge is -2.05. The lowest BCUT2D eigenvalue weighted by Crippen LogP contribution is -2.22. The molecule has 1 aromatic heterocycles. The van der Waals surface area contributed by atoms with Crippen molar-refractivity contribution in [1.82, 2.24) is 4.57 Å². The molecule has 1 amide bonds. The predicted molar refractivity (Wildman–Crippen MR) is 107 cm³/mol. The number of hydrogen-bond acceptors (Lipinski definition) is 6. The number of rotatable bonds is 3. The second kappa shape index (κ2) is 7.57. The zero-order chi connectivity index (χ0) is 19.8. The summed E-state index contributed by atoms with van der Waals surface area (Å²) in [7, 11) is 1.30. The van der Waals surface area contributed by atoms with Gasteiger partial charge in [-0.3, -0.25) is 9.59 Å². The monoisotopic (exact) mass is 482 g/mol. The van der Waals surface area contributed by atoms with Crippen molar-refractivity contribution in [3.05, 3.63) is 50.2 Å². The maximum atomic E-state index is 12.7. The van der Waals surface area contributed by atoms with Crippen molar-refractivity contribution < 1.29 is 23.8 Å². The van der Waals surface area contributed by atoms with E-state index in [2.05, 4.69) is 20.9 Å². The Morgan fingerprint density at radius 3 is 2.79 bits per heavy atom. The minimum absolute atomic E-state index is 0.103. The van der Waals surface area contributed by atoms with Crippen LogP contribution in [-0.4, -0.2) is 30.3 Å². The van der Waals surface area contributed by atoms with Gasteiger partial charge in [0.05, 0.1) is 27.9 Å². The molecule has 1 aliphatic rings. The summed E-state index contributed by atoms with van der Waals surface area (Å²) in [6, 6.07) is 8.50. The summed E-state index contributed by atoms with van der Waals surface area (Å²) in [5.41, 5.74) is 0.943. The Morgan fingerprint density at radius 1 is 1.29 bits per heavy atom. The molecule has 0 atom stereocenters. The molecule has 2 heterocycles. The summed E-state index contributed by atoms with van der Waals surface area (Å²) in [6.07, 6.45) is 0. The van der Waals surface area contributed by atoms with Gasteiger partial charge in [-0.05, 0) is 18.2 Å². The molecule has 28 heavy (non-hydrogen) atoms. The van der Waals surface area contributed by atoms with Crippen molar-refractivity contribution in [3.8, 4) is 11.5 Å². The highest BCUT2D eigenvalue weighted by molar-refractivity contribution is 9.10. The second-order valence-electron chi connectivity index (χ2n) is 5.76. The van der Waals surface area contributed by atoms with Crippen LogP contribution in [0.1, 0.15) is 10.4 Å². The highest BCUT2D eigenvalue weighted by Crippen LogP contribution is 2.37. The number of amides is 1. The summed E-state index contributed by atoms with van der Waals surface area (Å²) in [6.45, 7) is 0.0369. The van der Waals surface area contributed by atoms with Gasteiger partial charge in [0.1, 0.15) is 6.54 Å². The van der Waals surface area contributed by atoms with Crippen LogP contribution in [0.4, 0.5) is 0 Å². The Morgan fingerprint density at radius 2 is 2.04 bits per heavy atom. The van der Waals surface area contributed by atoms with Crippen molar-refractivity contribution >= 4 is 61.0 Å². The third-order valence-corrected chi connectivity index (χ3v) is 5.91. The standard InChI is InChI=1S/C18H12BrClN2O5S/c1-25-16(23)7-22-12-5-13-14(27-8-26-13)6-15(12)28-18(22)21-17(24)10-4-9(19)2-3-11(10)20/h2-6H,7-8H2,1H3. The van der Waals surface area contributed by atoms with Gasteiger partial charge in [0.25, 0.3) is 5.91 Å². The number of carbonyl (C=O) groups is 2. The molecule has 4 rings (SSSR count). The molecule has 0 fully saturated rings. The summed E-state index contributed by atoms with van der Waals surface area (Å²) in [5.74, 6) is 0.187. The van der Waals surface area contributed by atoms with Crippen LogP contribution in [0.3, 0.4) is 0 Å². The van der Waals surface area contributed by atoms with Crippen LogP contribution in [0, 0.1) is 0 Å². The first kappa shape index (κ1) is 19.0. The smallest absolute Gasteiger partial charge is 0.325 e. The van der Waals surface area contributed by atoms with Crippen molar-refractivity contribution in [2.24, 2.45) is 4.99 Å².